The highest BCUT2D eigenvalue weighted by Gasteiger charge is 2.07. The quantitative estimate of drug-likeness (QED) is 0.612. The molecule has 0 radical (unpaired) electrons. The summed E-state index contributed by atoms with van der Waals surface area (Å²) in [5.41, 5.74) is 9.28. The number of carbonyl (C=O) groups is 2. The Balaban J connectivity index is 0.000000447. The number of methoxy groups -OCH3 is 2. The maximum absolute atomic E-state index is 9.55. The van der Waals surface area contributed by atoms with Gasteiger partial charge in [0.1, 0.15) is 11.5 Å². The molecule has 2 aromatic carbocycles. The van der Waals surface area contributed by atoms with E-state index in [1.807, 2.05) is 55.5 Å². The number of carboxylic acids is 2. The van der Waals surface area contributed by atoms with E-state index in [9.17, 15) is 9.59 Å². The van der Waals surface area contributed by atoms with Gasteiger partial charge in [0.25, 0.3) is 0 Å². The van der Waals surface area contributed by atoms with Gasteiger partial charge in [0.2, 0.25) is 0 Å². The Morgan fingerprint density at radius 2 is 1.17 bits per heavy atom. The van der Waals surface area contributed by atoms with E-state index < -0.39 is 11.9 Å². The Morgan fingerprint density at radius 1 is 0.828 bits per heavy atom. The van der Waals surface area contributed by atoms with Crippen molar-refractivity contribution in [2.75, 3.05) is 14.2 Å². The summed E-state index contributed by atoms with van der Waals surface area (Å²) in [6.45, 7) is 1.97. The lowest BCUT2D eigenvalue weighted by Crippen LogP contribution is -2.11. The molecular weight excluding hydrogens is 374 g/mol. The van der Waals surface area contributed by atoms with Gasteiger partial charge in [-0.3, -0.25) is 0 Å². The van der Waals surface area contributed by atoms with Crippen LogP contribution < -0.4 is 15.2 Å². The Labute approximate surface area is 169 Å². The first kappa shape index (κ1) is 23.5. The van der Waals surface area contributed by atoms with E-state index in [1.54, 1.807) is 14.2 Å². The highest BCUT2D eigenvalue weighted by molar-refractivity contribution is 5.89. The van der Waals surface area contributed by atoms with Gasteiger partial charge in [0, 0.05) is 18.2 Å². The molecule has 0 aromatic heterocycles. The molecule has 7 nitrogen and oxygen atoms in total. The third-order valence-electron chi connectivity index (χ3n) is 3.60. The zero-order valence-corrected chi connectivity index (χ0v) is 16.5. The molecule has 0 bridgehead atoms. The van der Waals surface area contributed by atoms with Gasteiger partial charge in [0.15, 0.2) is 0 Å². The van der Waals surface area contributed by atoms with Crippen LogP contribution in [0.15, 0.2) is 66.8 Å². The number of benzene rings is 2. The molecule has 0 amide bonds. The van der Waals surface area contributed by atoms with Crippen LogP contribution in [0.3, 0.4) is 0 Å². The van der Waals surface area contributed by atoms with Crippen molar-refractivity contribution in [1.29, 1.82) is 0 Å². The van der Waals surface area contributed by atoms with E-state index in [-0.39, 0.29) is 6.04 Å². The fraction of sp³-hybridized carbons (Fsp3) is 0.182. The lowest BCUT2D eigenvalue weighted by molar-refractivity contribution is -0.134. The SMILES string of the molecule is COc1ccc(C(=CC(C)N)c2ccc(OC)cc2)cc1.O=C(O)/C=C/C(=O)O. The Hall–Kier alpha value is -3.58. The molecule has 1 atom stereocenters. The number of hydrogen-bond acceptors (Lipinski definition) is 5. The van der Waals surface area contributed by atoms with Crippen molar-refractivity contribution < 1.29 is 29.3 Å². The van der Waals surface area contributed by atoms with Crippen LogP contribution in [0.25, 0.3) is 5.57 Å². The Kier molecular flexibility index (Phi) is 9.70. The van der Waals surface area contributed by atoms with Crippen LogP contribution >= 0.6 is 0 Å². The van der Waals surface area contributed by atoms with Gasteiger partial charge in [-0.15, -0.1) is 0 Å². The van der Waals surface area contributed by atoms with Crippen LogP contribution in [-0.2, 0) is 9.59 Å². The maximum Gasteiger partial charge on any atom is 0.328 e. The van der Waals surface area contributed by atoms with Crippen molar-refractivity contribution in [3.63, 3.8) is 0 Å². The van der Waals surface area contributed by atoms with Crippen LogP contribution in [0.2, 0.25) is 0 Å². The second kappa shape index (κ2) is 12.0. The molecule has 2 rings (SSSR count). The monoisotopic (exact) mass is 399 g/mol. The molecule has 0 saturated heterocycles. The van der Waals surface area contributed by atoms with Crippen LogP contribution in [0.1, 0.15) is 18.1 Å². The van der Waals surface area contributed by atoms with E-state index in [4.69, 9.17) is 25.4 Å². The summed E-state index contributed by atoms with van der Waals surface area (Å²) in [4.78, 5) is 19.1. The predicted octanol–water partition coefficient (Wildman–Crippen LogP) is 3.19. The summed E-state index contributed by atoms with van der Waals surface area (Å²) < 4.78 is 10.4. The van der Waals surface area contributed by atoms with Crippen LogP contribution in [0, 0.1) is 0 Å². The first-order valence-electron chi connectivity index (χ1n) is 8.67. The molecule has 0 aliphatic rings. The topological polar surface area (TPSA) is 119 Å². The van der Waals surface area contributed by atoms with Gasteiger partial charge < -0.3 is 25.4 Å². The number of hydrogen-bond donors (Lipinski definition) is 3. The van der Waals surface area contributed by atoms with E-state index >= 15 is 0 Å². The third-order valence-corrected chi connectivity index (χ3v) is 3.60. The number of rotatable bonds is 7. The molecule has 0 saturated carbocycles. The van der Waals surface area contributed by atoms with Crippen molar-refractivity contribution in [2.24, 2.45) is 5.73 Å². The molecular formula is C22H25NO6. The number of carboxylic acid groups (broad SMARTS) is 2. The minimum absolute atomic E-state index is 0.0239. The molecule has 1 unspecified atom stereocenters. The zero-order valence-electron chi connectivity index (χ0n) is 16.5. The van der Waals surface area contributed by atoms with Gasteiger partial charge in [-0.05, 0) is 47.9 Å². The molecule has 4 N–H and O–H groups in total. The molecule has 2 aromatic rings. The minimum Gasteiger partial charge on any atom is -0.497 e. The normalized spacial score (nSPS) is 11.0. The highest BCUT2D eigenvalue weighted by Crippen LogP contribution is 2.27. The summed E-state index contributed by atoms with van der Waals surface area (Å²) in [6.07, 6.45) is 3.17. The first-order chi connectivity index (χ1) is 13.8. The third kappa shape index (κ3) is 8.77. The second-order valence-electron chi connectivity index (χ2n) is 5.91. The van der Waals surface area contributed by atoms with Crippen molar-refractivity contribution in [2.45, 2.75) is 13.0 Å². The molecule has 29 heavy (non-hydrogen) atoms. The van der Waals surface area contributed by atoms with Gasteiger partial charge in [0.05, 0.1) is 14.2 Å². The number of ether oxygens (including phenoxy) is 2. The molecule has 0 aliphatic heterocycles. The minimum atomic E-state index is -1.26. The predicted molar refractivity (Wildman–Crippen MR) is 111 cm³/mol. The largest absolute Gasteiger partial charge is 0.497 e. The molecule has 0 heterocycles. The molecule has 0 aliphatic carbocycles. The Bertz CT molecular complexity index is 786. The van der Waals surface area contributed by atoms with Gasteiger partial charge in [-0.2, -0.15) is 0 Å². The van der Waals surface area contributed by atoms with E-state index in [1.165, 1.54) is 0 Å². The summed E-state index contributed by atoms with van der Waals surface area (Å²) in [5, 5.41) is 15.6. The molecule has 7 heteroatoms. The Morgan fingerprint density at radius 3 is 1.41 bits per heavy atom. The van der Waals surface area contributed by atoms with Crippen molar-refractivity contribution in [1.82, 2.24) is 0 Å². The van der Waals surface area contributed by atoms with Crippen molar-refractivity contribution in [3.05, 3.63) is 77.9 Å². The van der Waals surface area contributed by atoms with Crippen LogP contribution in [0.4, 0.5) is 0 Å². The van der Waals surface area contributed by atoms with E-state index in [0.717, 1.165) is 28.2 Å². The van der Waals surface area contributed by atoms with Gasteiger partial charge in [-0.25, -0.2) is 9.59 Å². The summed E-state index contributed by atoms with van der Waals surface area (Å²) in [5.74, 6) is -0.831. The molecule has 0 spiro atoms. The lowest BCUT2D eigenvalue weighted by atomic mass is 9.96. The van der Waals surface area contributed by atoms with E-state index in [0.29, 0.717) is 12.2 Å². The van der Waals surface area contributed by atoms with Crippen LogP contribution in [0.5, 0.6) is 11.5 Å². The zero-order chi connectivity index (χ0) is 21.8. The lowest BCUT2D eigenvalue weighted by Gasteiger charge is -2.12. The smallest absolute Gasteiger partial charge is 0.328 e. The average molecular weight is 399 g/mol. The van der Waals surface area contributed by atoms with E-state index in [2.05, 4.69) is 6.08 Å². The second-order valence-corrected chi connectivity index (χ2v) is 5.91. The number of aliphatic carboxylic acids is 2. The standard InChI is InChI=1S/C18H21NO2.C4H4O4/c1-13(19)12-18(14-4-8-16(20-2)9-5-14)15-6-10-17(21-3)11-7-15;5-3(6)1-2-4(7)8/h4-13H,19H2,1-3H3;1-2H,(H,5,6)(H,7,8)/b;2-1+. The van der Waals surface area contributed by atoms with Gasteiger partial charge >= 0.3 is 11.9 Å². The summed E-state index contributed by atoms with van der Waals surface area (Å²) in [7, 11) is 3.33. The van der Waals surface area contributed by atoms with Gasteiger partial charge in [-0.1, -0.05) is 30.3 Å². The first-order valence-corrected chi connectivity index (χ1v) is 8.67. The fourth-order valence-electron chi connectivity index (χ4n) is 2.31. The highest BCUT2D eigenvalue weighted by atomic mass is 16.5. The fourth-order valence-corrected chi connectivity index (χ4v) is 2.31. The molecule has 154 valence electrons. The summed E-state index contributed by atoms with van der Waals surface area (Å²) >= 11 is 0. The summed E-state index contributed by atoms with van der Waals surface area (Å²) in [6, 6.07) is 15.9. The molecule has 0 fully saturated rings. The van der Waals surface area contributed by atoms with Crippen molar-refractivity contribution in [3.8, 4) is 11.5 Å². The maximum atomic E-state index is 9.55. The number of nitrogens with two attached hydrogens (primary N) is 1. The van der Waals surface area contributed by atoms with Crippen molar-refractivity contribution >= 4 is 17.5 Å². The van der Waals surface area contributed by atoms with Crippen LogP contribution in [-0.4, -0.2) is 42.4 Å². The average Bonchev–Trinajstić information content (AvgIpc) is 2.71.